The summed E-state index contributed by atoms with van der Waals surface area (Å²) in [4.78, 5) is 24.1. The molecule has 1 fully saturated rings. The molecule has 0 aliphatic carbocycles. The molecule has 1 N–H and O–H groups in total. The summed E-state index contributed by atoms with van der Waals surface area (Å²) in [7, 11) is 0.872. The predicted molar refractivity (Wildman–Crippen MR) is 63.0 cm³/mol. The minimum absolute atomic E-state index is 0.645. The number of amides is 1. The highest BCUT2D eigenvalue weighted by atomic mass is 19.4. The van der Waals surface area contributed by atoms with Crippen molar-refractivity contribution in [2.45, 2.75) is 45.0 Å². The summed E-state index contributed by atoms with van der Waals surface area (Å²) in [6.45, 7) is 3.76. The van der Waals surface area contributed by atoms with E-state index in [1.54, 1.807) is 0 Å². The minimum Gasteiger partial charge on any atom is -0.480 e. The second-order valence-electron chi connectivity index (χ2n) is 5.94. The van der Waals surface area contributed by atoms with Gasteiger partial charge in [-0.3, -0.25) is 4.79 Å². The number of nitrogens with zero attached hydrogens (tertiary/aromatic N) is 1. The van der Waals surface area contributed by atoms with Crippen LogP contribution in [0.5, 0.6) is 0 Å². The zero-order chi connectivity index (χ0) is 15.9. The van der Waals surface area contributed by atoms with Crippen molar-refractivity contribution in [1.82, 2.24) is 4.90 Å². The van der Waals surface area contributed by atoms with Gasteiger partial charge in [0.05, 0.1) is 6.54 Å². The number of hydrogen-bond acceptors (Lipinski definition) is 3. The van der Waals surface area contributed by atoms with Gasteiger partial charge in [0.2, 0.25) is 5.91 Å². The summed E-state index contributed by atoms with van der Waals surface area (Å²) in [6.07, 6.45) is -5.55. The zero-order valence-electron chi connectivity index (χ0n) is 11.7. The molecule has 0 aromatic carbocycles. The number of carboxylic acid groups (broad SMARTS) is 1. The van der Waals surface area contributed by atoms with Crippen LogP contribution in [-0.4, -0.2) is 53.4 Å². The van der Waals surface area contributed by atoms with E-state index in [0.717, 1.165) is 12.0 Å². The summed E-state index contributed by atoms with van der Waals surface area (Å²) in [5, 5.41) is 9.07. The van der Waals surface area contributed by atoms with Gasteiger partial charge < -0.3 is 14.7 Å². The van der Waals surface area contributed by atoms with Crippen molar-refractivity contribution in [2.75, 3.05) is 13.7 Å². The Kier molecular flexibility index (Phi) is 4.11. The molecule has 20 heavy (non-hydrogen) atoms. The topological polar surface area (TPSA) is 66.8 Å². The summed E-state index contributed by atoms with van der Waals surface area (Å²) in [6, 6.07) is -1.54. The third kappa shape index (κ3) is 2.74. The molecule has 0 saturated carbocycles. The van der Waals surface area contributed by atoms with Gasteiger partial charge >= 0.3 is 12.1 Å². The Morgan fingerprint density at radius 2 is 1.80 bits per heavy atom. The third-order valence-electron chi connectivity index (χ3n) is 3.42. The lowest BCUT2D eigenvalue weighted by atomic mass is 9.94. The fourth-order valence-electron chi connectivity index (χ4n) is 2.21. The largest absolute Gasteiger partial charge is 0.480 e. The van der Waals surface area contributed by atoms with Crippen molar-refractivity contribution in [1.29, 1.82) is 0 Å². The van der Waals surface area contributed by atoms with E-state index in [2.05, 4.69) is 4.74 Å². The smallest absolute Gasteiger partial charge is 0.419 e. The number of likely N-dealkylation sites (tertiary alicyclic amines) is 1. The maximum Gasteiger partial charge on any atom is 0.419 e. The second-order valence-corrected chi connectivity index (χ2v) is 5.94. The SMILES string of the molecule is COC1(C(F)(F)F)C[C@@H](C(=O)O)N(C(=O)C(C)(C)C)C1. The number of methoxy groups -OCH3 is 1. The van der Waals surface area contributed by atoms with Crippen LogP contribution < -0.4 is 0 Å². The van der Waals surface area contributed by atoms with Gasteiger partial charge in [0, 0.05) is 18.9 Å². The van der Waals surface area contributed by atoms with Crippen molar-refractivity contribution >= 4 is 11.9 Å². The van der Waals surface area contributed by atoms with Crippen molar-refractivity contribution in [3.05, 3.63) is 0 Å². The fourth-order valence-corrected chi connectivity index (χ4v) is 2.21. The molecule has 0 spiro atoms. The molecule has 0 aromatic heterocycles. The first-order valence-corrected chi connectivity index (χ1v) is 6.01. The van der Waals surface area contributed by atoms with Crippen LogP contribution in [0.15, 0.2) is 0 Å². The average Bonchev–Trinajstić information content (AvgIpc) is 2.66. The quantitative estimate of drug-likeness (QED) is 0.842. The van der Waals surface area contributed by atoms with Gasteiger partial charge in [-0.05, 0) is 0 Å². The van der Waals surface area contributed by atoms with Crippen LogP contribution in [0.3, 0.4) is 0 Å². The van der Waals surface area contributed by atoms with Gasteiger partial charge in [0.15, 0.2) is 5.60 Å². The van der Waals surface area contributed by atoms with Gasteiger partial charge in [-0.25, -0.2) is 4.79 Å². The molecule has 1 aliphatic rings. The van der Waals surface area contributed by atoms with Crippen LogP contribution in [0.1, 0.15) is 27.2 Å². The molecule has 5 nitrogen and oxygen atoms in total. The summed E-state index contributed by atoms with van der Waals surface area (Å²) < 4.78 is 43.9. The highest BCUT2D eigenvalue weighted by Gasteiger charge is 2.64. The van der Waals surface area contributed by atoms with Crippen LogP contribution in [0, 0.1) is 5.41 Å². The average molecular weight is 297 g/mol. The Morgan fingerprint density at radius 3 is 2.10 bits per heavy atom. The van der Waals surface area contributed by atoms with E-state index in [1.807, 2.05) is 0 Å². The van der Waals surface area contributed by atoms with E-state index in [9.17, 15) is 22.8 Å². The van der Waals surface area contributed by atoms with Crippen molar-refractivity contribution < 1.29 is 32.6 Å². The number of halogens is 3. The Labute approximate surface area is 114 Å². The lowest BCUT2D eigenvalue weighted by Gasteiger charge is -2.31. The maximum atomic E-state index is 13.1. The molecule has 8 heteroatoms. The molecule has 1 amide bonds. The lowest BCUT2D eigenvalue weighted by molar-refractivity contribution is -0.264. The number of alkyl halides is 3. The number of carboxylic acids is 1. The Bertz CT molecular complexity index is 416. The number of carbonyl (C=O) groups excluding carboxylic acids is 1. The van der Waals surface area contributed by atoms with Crippen molar-refractivity contribution in [2.24, 2.45) is 5.41 Å². The van der Waals surface area contributed by atoms with Crippen molar-refractivity contribution in [3.63, 3.8) is 0 Å². The van der Waals surface area contributed by atoms with Crippen molar-refractivity contribution in [3.8, 4) is 0 Å². The molecule has 1 heterocycles. The van der Waals surface area contributed by atoms with E-state index in [1.165, 1.54) is 20.8 Å². The normalized spacial score (nSPS) is 27.8. The van der Waals surface area contributed by atoms with Gasteiger partial charge in [-0.15, -0.1) is 0 Å². The molecule has 1 aliphatic heterocycles. The van der Waals surface area contributed by atoms with Gasteiger partial charge in [-0.1, -0.05) is 20.8 Å². The van der Waals surface area contributed by atoms with Crippen LogP contribution >= 0.6 is 0 Å². The van der Waals surface area contributed by atoms with Gasteiger partial charge in [-0.2, -0.15) is 13.2 Å². The fraction of sp³-hybridized carbons (Fsp3) is 0.833. The van der Waals surface area contributed by atoms with Gasteiger partial charge in [0.1, 0.15) is 6.04 Å². The highest BCUT2D eigenvalue weighted by Crippen LogP contribution is 2.44. The molecule has 0 radical (unpaired) electrons. The van der Waals surface area contributed by atoms with E-state index in [-0.39, 0.29) is 0 Å². The number of aliphatic carboxylic acids is 1. The molecule has 0 aromatic rings. The Hall–Kier alpha value is -1.31. The van der Waals surface area contributed by atoms with E-state index in [4.69, 9.17) is 5.11 Å². The minimum atomic E-state index is -4.75. The van der Waals surface area contributed by atoms with Crippen LogP contribution in [0.4, 0.5) is 13.2 Å². The summed E-state index contributed by atoms with van der Waals surface area (Å²) in [5.74, 6) is -2.11. The number of ether oxygens (including phenoxy) is 1. The molecule has 1 unspecified atom stereocenters. The first-order valence-electron chi connectivity index (χ1n) is 6.01. The molecule has 1 rings (SSSR count). The summed E-state index contributed by atoms with van der Waals surface area (Å²) >= 11 is 0. The zero-order valence-corrected chi connectivity index (χ0v) is 11.7. The predicted octanol–water partition coefficient (Wildman–Crippen LogP) is 1.67. The van der Waals surface area contributed by atoms with E-state index < -0.39 is 48.1 Å². The molecule has 1 saturated heterocycles. The van der Waals surface area contributed by atoms with Gasteiger partial charge in [0.25, 0.3) is 0 Å². The van der Waals surface area contributed by atoms with Crippen LogP contribution in [0.25, 0.3) is 0 Å². The third-order valence-corrected chi connectivity index (χ3v) is 3.42. The molecular formula is C12H18F3NO4. The van der Waals surface area contributed by atoms with E-state index in [0.29, 0.717) is 0 Å². The van der Waals surface area contributed by atoms with Crippen LogP contribution in [0.2, 0.25) is 0 Å². The molecule has 116 valence electrons. The lowest BCUT2D eigenvalue weighted by Crippen LogP contribution is -2.51. The monoisotopic (exact) mass is 297 g/mol. The second kappa shape index (κ2) is 4.91. The number of hydrogen-bond donors (Lipinski definition) is 1. The molecular weight excluding hydrogens is 279 g/mol. The Morgan fingerprint density at radius 1 is 1.30 bits per heavy atom. The van der Waals surface area contributed by atoms with E-state index >= 15 is 0 Å². The maximum absolute atomic E-state index is 13.1. The standard InChI is InChI=1S/C12H18F3NO4/c1-10(2,3)9(19)16-6-11(20-4,12(13,14)15)5-7(16)8(17)18/h7H,5-6H2,1-4H3,(H,17,18)/t7-,11?/m0/s1. The first kappa shape index (κ1) is 16.7. The van der Waals surface area contributed by atoms with Crippen LogP contribution in [-0.2, 0) is 14.3 Å². The molecule has 0 bridgehead atoms. The first-order chi connectivity index (χ1) is 8.85. The summed E-state index contributed by atoms with van der Waals surface area (Å²) in [5.41, 5.74) is -3.60. The highest BCUT2D eigenvalue weighted by molar-refractivity contribution is 5.87. The Balaban J connectivity index is 3.19. The number of carbonyl (C=O) groups is 2. The molecule has 2 atom stereocenters. The number of rotatable bonds is 2.